The molecule has 1 atom stereocenters. The molecule has 0 radical (unpaired) electrons. The van der Waals surface area contributed by atoms with Crippen LogP contribution in [0.1, 0.15) is 12.5 Å². The molecule has 0 aliphatic carbocycles. The molecule has 1 unspecified atom stereocenters. The highest BCUT2D eigenvalue weighted by atomic mass is 35.5. The minimum atomic E-state index is -0.880. The predicted molar refractivity (Wildman–Crippen MR) is 52.9 cm³/mol. The second kappa shape index (κ2) is 3.80. The van der Waals surface area contributed by atoms with Gasteiger partial charge in [-0.25, -0.2) is 4.98 Å². The lowest BCUT2D eigenvalue weighted by atomic mass is 9.96. The zero-order chi connectivity index (χ0) is 10.1. The van der Waals surface area contributed by atoms with Gasteiger partial charge in [-0.3, -0.25) is 0 Å². The van der Waals surface area contributed by atoms with E-state index in [0.29, 0.717) is 15.7 Å². The van der Waals surface area contributed by atoms with E-state index in [1.54, 1.807) is 6.92 Å². The fourth-order valence-corrected chi connectivity index (χ4v) is 1.49. The normalized spacial score (nSPS) is 15.5. The number of hydrogen-bond donors (Lipinski definition) is 2. The third-order valence-electron chi connectivity index (χ3n) is 1.76. The molecule has 1 heterocycles. The molecule has 3 nitrogen and oxygen atoms in total. The van der Waals surface area contributed by atoms with E-state index in [1.165, 1.54) is 12.3 Å². The van der Waals surface area contributed by atoms with Gasteiger partial charge in [0.15, 0.2) is 0 Å². The van der Waals surface area contributed by atoms with Crippen molar-refractivity contribution in [3.8, 4) is 0 Å². The van der Waals surface area contributed by atoms with Gasteiger partial charge in [-0.05, 0) is 13.0 Å². The number of nitrogens with zero attached hydrogens (tertiary/aromatic N) is 1. The molecule has 0 aromatic carbocycles. The molecule has 0 saturated carbocycles. The van der Waals surface area contributed by atoms with Gasteiger partial charge in [0.25, 0.3) is 0 Å². The summed E-state index contributed by atoms with van der Waals surface area (Å²) in [4.78, 5) is 3.84. The maximum Gasteiger partial charge on any atom is 0.130 e. The van der Waals surface area contributed by atoms with Crippen LogP contribution in [-0.4, -0.2) is 16.7 Å². The van der Waals surface area contributed by atoms with Crippen molar-refractivity contribution >= 4 is 23.2 Å². The molecule has 0 aliphatic rings. The molecule has 5 heteroatoms. The summed E-state index contributed by atoms with van der Waals surface area (Å²) in [6, 6.07) is 1.50. The highest BCUT2D eigenvalue weighted by molar-refractivity contribution is 6.34. The van der Waals surface area contributed by atoms with Crippen LogP contribution in [0.4, 0.5) is 0 Å². The Morgan fingerprint density at radius 3 is 2.69 bits per heavy atom. The Balaban J connectivity index is 3.16. The van der Waals surface area contributed by atoms with Gasteiger partial charge >= 0.3 is 0 Å². The maximum absolute atomic E-state index is 9.00. The smallest absolute Gasteiger partial charge is 0.130 e. The van der Waals surface area contributed by atoms with Gasteiger partial charge in [0, 0.05) is 11.8 Å². The van der Waals surface area contributed by atoms with Crippen molar-refractivity contribution in [1.82, 2.24) is 4.98 Å². The first kappa shape index (κ1) is 10.7. The summed E-state index contributed by atoms with van der Waals surface area (Å²) in [7, 11) is 0. The fraction of sp³-hybridized carbons (Fsp3) is 0.375. The molecule has 0 saturated heterocycles. The van der Waals surface area contributed by atoms with Crippen LogP contribution in [0, 0.1) is 0 Å². The fourth-order valence-electron chi connectivity index (χ4n) is 0.913. The zero-order valence-corrected chi connectivity index (χ0v) is 8.60. The summed E-state index contributed by atoms with van der Waals surface area (Å²) in [6.45, 7) is 1.47. The van der Waals surface area contributed by atoms with E-state index in [0.717, 1.165) is 0 Å². The molecule has 0 amide bonds. The van der Waals surface area contributed by atoms with Crippen molar-refractivity contribution in [3.05, 3.63) is 28.0 Å². The zero-order valence-electron chi connectivity index (χ0n) is 7.09. The third kappa shape index (κ3) is 2.31. The number of pyridine rings is 1. The van der Waals surface area contributed by atoms with Crippen molar-refractivity contribution in [2.24, 2.45) is 5.73 Å². The number of aliphatic hydroxyl groups excluding tert-OH is 1. The van der Waals surface area contributed by atoms with Crippen LogP contribution in [0.25, 0.3) is 0 Å². The van der Waals surface area contributed by atoms with E-state index in [4.69, 9.17) is 34.0 Å². The highest BCUT2D eigenvalue weighted by Gasteiger charge is 2.23. The Morgan fingerprint density at radius 2 is 2.23 bits per heavy atom. The molecular formula is C8H10Cl2N2O. The summed E-state index contributed by atoms with van der Waals surface area (Å²) >= 11 is 11.5. The van der Waals surface area contributed by atoms with Gasteiger partial charge in [0.2, 0.25) is 0 Å². The molecule has 0 bridgehead atoms. The maximum atomic E-state index is 9.00. The van der Waals surface area contributed by atoms with E-state index in [2.05, 4.69) is 4.98 Å². The van der Waals surface area contributed by atoms with Gasteiger partial charge in [-0.1, -0.05) is 23.2 Å². The molecule has 0 aliphatic heterocycles. The molecule has 0 spiro atoms. The average Bonchev–Trinajstić information content (AvgIpc) is 2.03. The van der Waals surface area contributed by atoms with Crippen LogP contribution in [0.5, 0.6) is 0 Å². The second-order valence-corrected chi connectivity index (χ2v) is 3.86. The van der Waals surface area contributed by atoms with Crippen LogP contribution >= 0.6 is 23.2 Å². The minimum Gasteiger partial charge on any atom is -0.394 e. The largest absolute Gasteiger partial charge is 0.394 e. The minimum absolute atomic E-state index is 0.198. The van der Waals surface area contributed by atoms with E-state index < -0.39 is 5.54 Å². The number of rotatable bonds is 2. The molecule has 13 heavy (non-hydrogen) atoms. The van der Waals surface area contributed by atoms with Crippen molar-refractivity contribution in [2.45, 2.75) is 12.5 Å². The molecular weight excluding hydrogens is 211 g/mol. The number of aromatic nitrogens is 1. The monoisotopic (exact) mass is 220 g/mol. The molecule has 3 N–H and O–H groups in total. The average molecular weight is 221 g/mol. The van der Waals surface area contributed by atoms with Crippen LogP contribution in [0.2, 0.25) is 10.2 Å². The molecule has 0 fully saturated rings. The summed E-state index contributed by atoms with van der Waals surface area (Å²) < 4.78 is 0. The van der Waals surface area contributed by atoms with Crippen LogP contribution in [0.15, 0.2) is 12.3 Å². The lowest BCUT2D eigenvalue weighted by Crippen LogP contribution is -2.37. The quantitative estimate of drug-likeness (QED) is 0.745. The van der Waals surface area contributed by atoms with Crippen molar-refractivity contribution in [3.63, 3.8) is 0 Å². The van der Waals surface area contributed by atoms with Gasteiger partial charge in [0.1, 0.15) is 5.15 Å². The van der Waals surface area contributed by atoms with Crippen LogP contribution in [-0.2, 0) is 5.54 Å². The van der Waals surface area contributed by atoms with Gasteiger partial charge in [-0.15, -0.1) is 0 Å². The number of halogens is 2. The summed E-state index contributed by atoms with van der Waals surface area (Å²) in [6.07, 6.45) is 1.47. The standard InChI is InChI=1S/C8H10Cl2N2O/c1-8(11,4-13)5-3-12-7(10)2-6(5)9/h2-3,13H,4,11H2,1H3. The SMILES string of the molecule is CC(N)(CO)c1cnc(Cl)cc1Cl. The van der Waals surface area contributed by atoms with E-state index in [-0.39, 0.29) is 6.61 Å². The Labute approximate surface area is 86.5 Å². The first-order valence-corrected chi connectivity index (χ1v) is 4.44. The first-order chi connectivity index (χ1) is 5.97. The Bertz CT molecular complexity index is 315. The highest BCUT2D eigenvalue weighted by Crippen LogP contribution is 2.26. The Hall–Kier alpha value is -0.350. The van der Waals surface area contributed by atoms with E-state index >= 15 is 0 Å². The van der Waals surface area contributed by atoms with Crippen LogP contribution < -0.4 is 5.73 Å². The Morgan fingerprint density at radius 1 is 1.62 bits per heavy atom. The predicted octanol–water partition coefficient (Wildman–Crippen LogP) is 1.55. The molecule has 1 aromatic rings. The molecule has 72 valence electrons. The van der Waals surface area contributed by atoms with E-state index in [9.17, 15) is 0 Å². The van der Waals surface area contributed by atoms with Crippen LogP contribution in [0.3, 0.4) is 0 Å². The third-order valence-corrected chi connectivity index (χ3v) is 2.28. The lowest BCUT2D eigenvalue weighted by molar-refractivity contribution is 0.210. The van der Waals surface area contributed by atoms with Crippen molar-refractivity contribution < 1.29 is 5.11 Å². The summed E-state index contributed by atoms with van der Waals surface area (Å²) in [5.74, 6) is 0. The summed E-state index contributed by atoms with van der Waals surface area (Å²) in [5.41, 5.74) is 5.47. The van der Waals surface area contributed by atoms with Gasteiger partial charge in [0.05, 0.1) is 17.2 Å². The van der Waals surface area contributed by atoms with Gasteiger partial charge in [-0.2, -0.15) is 0 Å². The van der Waals surface area contributed by atoms with E-state index in [1.807, 2.05) is 0 Å². The first-order valence-electron chi connectivity index (χ1n) is 3.68. The number of nitrogens with two attached hydrogens (primary N) is 1. The molecule has 1 aromatic heterocycles. The topological polar surface area (TPSA) is 59.1 Å². The van der Waals surface area contributed by atoms with Gasteiger partial charge < -0.3 is 10.8 Å². The lowest BCUT2D eigenvalue weighted by Gasteiger charge is -2.22. The second-order valence-electron chi connectivity index (χ2n) is 3.06. The number of aliphatic hydroxyl groups is 1. The molecule has 1 rings (SSSR count). The Kier molecular flexibility index (Phi) is 3.14. The number of hydrogen-bond acceptors (Lipinski definition) is 3. The summed E-state index contributed by atoms with van der Waals surface area (Å²) in [5, 5.41) is 9.72. The van der Waals surface area contributed by atoms with Crippen molar-refractivity contribution in [1.29, 1.82) is 0 Å². The van der Waals surface area contributed by atoms with Crippen molar-refractivity contribution in [2.75, 3.05) is 6.61 Å².